The van der Waals surface area contributed by atoms with Crippen molar-refractivity contribution in [1.29, 1.82) is 0 Å². The highest BCUT2D eigenvalue weighted by Crippen LogP contribution is 2.23. The van der Waals surface area contributed by atoms with Gasteiger partial charge in [-0.15, -0.1) is 10.2 Å². The zero-order valence-corrected chi connectivity index (χ0v) is 12.5. The standard InChI is InChI=1S/C13H11FN4O4S/c14-8-1-3-9(4-2-8)22-6-10-15-16-13-18(10)17(5-12(20)21)11(19)7-23-13/h1-4H,5-7H2,(H,20,21). The molecule has 0 atom stereocenters. The molecule has 0 radical (unpaired) electrons. The zero-order chi connectivity index (χ0) is 16.4. The highest BCUT2D eigenvalue weighted by molar-refractivity contribution is 7.99. The molecule has 23 heavy (non-hydrogen) atoms. The molecule has 0 spiro atoms. The molecule has 2 heterocycles. The Balaban J connectivity index is 1.81. The minimum atomic E-state index is -1.14. The maximum Gasteiger partial charge on any atom is 0.325 e. The smallest absolute Gasteiger partial charge is 0.325 e. The van der Waals surface area contributed by atoms with Crippen LogP contribution < -0.4 is 9.75 Å². The summed E-state index contributed by atoms with van der Waals surface area (Å²) in [6.07, 6.45) is 0. The van der Waals surface area contributed by atoms with E-state index in [2.05, 4.69) is 10.2 Å². The van der Waals surface area contributed by atoms with Crippen molar-refractivity contribution in [3.8, 4) is 5.75 Å². The molecular formula is C13H11FN4O4S. The molecule has 1 aliphatic heterocycles. The topological polar surface area (TPSA) is 97.6 Å². The minimum absolute atomic E-state index is 0.0391. The lowest BCUT2D eigenvalue weighted by atomic mass is 10.3. The number of rotatable bonds is 5. The molecule has 0 saturated carbocycles. The fourth-order valence-electron chi connectivity index (χ4n) is 2.00. The number of halogens is 1. The number of carboxylic acid groups (broad SMARTS) is 1. The van der Waals surface area contributed by atoms with E-state index in [-0.39, 0.29) is 29.9 Å². The lowest BCUT2D eigenvalue weighted by molar-refractivity contribution is -0.137. The number of aromatic nitrogens is 3. The number of amides is 1. The van der Waals surface area contributed by atoms with Crippen molar-refractivity contribution in [3.05, 3.63) is 35.9 Å². The summed E-state index contributed by atoms with van der Waals surface area (Å²) in [5, 5.41) is 18.3. The first-order valence-electron chi connectivity index (χ1n) is 6.52. The third-order valence-corrected chi connectivity index (χ3v) is 3.90. The van der Waals surface area contributed by atoms with Crippen LogP contribution in [0.2, 0.25) is 0 Å². The number of aliphatic carboxylic acids is 1. The number of carbonyl (C=O) groups is 2. The van der Waals surface area contributed by atoms with Crippen LogP contribution in [0.5, 0.6) is 5.75 Å². The van der Waals surface area contributed by atoms with Crippen LogP contribution in [0.4, 0.5) is 4.39 Å². The summed E-state index contributed by atoms with van der Waals surface area (Å²) in [5.41, 5.74) is 0. The first-order chi connectivity index (χ1) is 11.0. The monoisotopic (exact) mass is 338 g/mol. The normalized spacial score (nSPS) is 13.8. The van der Waals surface area contributed by atoms with E-state index in [0.717, 1.165) is 5.01 Å². The fraction of sp³-hybridized carbons (Fsp3) is 0.231. The molecule has 8 nitrogen and oxygen atoms in total. The zero-order valence-electron chi connectivity index (χ0n) is 11.7. The van der Waals surface area contributed by atoms with E-state index >= 15 is 0 Å². The molecule has 3 rings (SSSR count). The number of ether oxygens (including phenoxy) is 1. The van der Waals surface area contributed by atoms with E-state index in [9.17, 15) is 14.0 Å². The second-order valence-electron chi connectivity index (χ2n) is 4.59. The van der Waals surface area contributed by atoms with Crippen molar-refractivity contribution >= 4 is 23.6 Å². The van der Waals surface area contributed by atoms with E-state index in [1.165, 1.54) is 40.7 Å². The van der Waals surface area contributed by atoms with Gasteiger partial charge in [0.2, 0.25) is 5.16 Å². The summed E-state index contributed by atoms with van der Waals surface area (Å²) < 4.78 is 19.7. The van der Waals surface area contributed by atoms with E-state index in [1.54, 1.807) is 0 Å². The van der Waals surface area contributed by atoms with Crippen LogP contribution in [-0.2, 0) is 16.2 Å². The molecule has 0 fully saturated rings. The van der Waals surface area contributed by atoms with Crippen LogP contribution in [0, 0.1) is 5.82 Å². The van der Waals surface area contributed by atoms with Crippen molar-refractivity contribution in [1.82, 2.24) is 14.9 Å². The van der Waals surface area contributed by atoms with Crippen LogP contribution in [0.15, 0.2) is 29.4 Å². The number of hydrogen-bond donors (Lipinski definition) is 1. The molecule has 0 saturated heterocycles. The maximum atomic E-state index is 12.9. The molecule has 1 aromatic carbocycles. The van der Waals surface area contributed by atoms with Crippen LogP contribution >= 0.6 is 11.8 Å². The van der Waals surface area contributed by atoms with Crippen molar-refractivity contribution in [2.75, 3.05) is 17.3 Å². The van der Waals surface area contributed by atoms with E-state index in [0.29, 0.717) is 10.9 Å². The largest absolute Gasteiger partial charge is 0.486 e. The molecule has 10 heteroatoms. The maximum absolute atomic E-state index is 12.9. The highest BCUT2D eigenvalue weighted by atomic mass is 32.2. The lowest BCUT2D eigenvalue weighted by Gasteiger charge is -2.27. The summed E-state index contributed by atoms with van der Waals surface area (Å²) >= 11 is 1.17. The first kappa shape index (κ1) is 15.3. The van der Waals surface area contributed by atoms with Gasteiger partial charge in [0.1, 0.15) is 24.7 Å². The average Bonchev–Trinajstić information content (AvgIpc) is 2.93. The van der Waals surface area contributed by atoms with Gasteiger partial charge in [0, 0.05) is 0 Å². The molecule has 0 bridgehead atoms. The predicted molar refractivity (Wildman–Crippen MR) is 77.2 cm³/mol. The Morgan fingerprint density at radius 3 is 2.78 bits per heavy atom. The summed E-state index contributed by atoms with van der Waals surface area (Å²) in [7, 11) is 0. The molecular weight excluding hydrogens is 327 g/mol. The van der Waals surface area contributed by atoms with Gasteiger partial charge < -0.3 is 9.84 Å². The Morgan fingerprint density at radius 2 is 2.09 bits per heavy atom. The number of thioether (sulfide) groups is 1. The second-order valence-corrected chi connectivity index (χ2v) is 5.53. The number of carbonyl (C=O) groups excluding carboxylic acids is 1. The van der Waals surface area contributed by atoms with Gasteiger partial charge in [-0.25, -0.2) is 14.1 Å². The van der Waals surface area contributed by atoms with Gasteiger partial charge in [-0.3, -0.25) is 9.59 Å². The van der Waals surface area contributed by atoms with Gasteiger partial charge in [0.05, 0.1) is 5.75 Å². The van der Waals surface area contributed by atoms with Gasteiger partial charge >= 0.3 is 5.97 Å². The summed E-state index contributed by atoms with van der Waals surface area (Å²) in [6.45, 7) is -0.531. The van der Waals surface area contributed by atoms with E-state index < -0.39 is 12.5 Å². The molecule has 120 valence electrons. The highest BCUT2D eigenvalue weighted by Gasteiger charge is 2.30. The summed E-state index contributed by atoms with van der Waals surface area (Å²) in [4.78, 5) is 22.9. The molecule has 1 amide bonds. The third kappa shape index (κ3) is 3.26. The molecule has 0 unspecified atom stereocenters. The number of fused-ring (bicyclic) bond motifs is 1. The van der Waals surface area contributed by atoms with Gasteiger partial charge in [0.25, 0.3) is 5.91 Å². The lowest BCUT2D eigenvalue weighted by Crippen LogP contribution is -2.48. The van der Waals surface area contributed by atoms with Gasteiger partial charge in [-0.2, -0.15) is 0 Å². The minimum Gasteiger partial charge on any atom is -0.486 e. The van der Waals surface area contributed by atoms with Crippen molar-refractivity contribution in [3.63, 3.8) is 0 Å². The quantitative estimate of drug-likeness (QED) is 0.855. The Morgan fingerprint density at radius 1 is 1.35 bits per heavy atom. The number of hydrogen-bond acceptors (Lipinski definition) is 6. The third-order valence-electron chi connectivity index (χ3n) is 3.00. The van der Waals surface area contributed by atoms with Crippen LogP contribution in [0.25, 0.3) is 0 Å². The van der Waals surface area contributed by atoms with E-state index in [4.69, 9.17) is 9.84 Å². The second kappa shape index (κ2) is 6.24. The Labute approximate surface area is 133 Å². The SMILES string of the molecule is O=C(O)CN1C(=O)CSc2nnc(COc3ccc(F)cc3)n21. The van der Waals surface area contributed by atoms with Crippen LogP contribution in [0.1, 0.15) is 5.82 Å². The predicted octanol–water partition coefficient (Wildman–Crippen LogP) is 0.651. The Bertz CT molecular complexity index is 749. The molecule has 1 aliphatic rings. The number of benzene rings is 1. The van der Waals surface area contributed by atoms with Gasteiger partial charge in [-0.05, 0) is 24.3 Å². The summed E-state index contributed by atoms with van der Waals surface area (Å²) in [6, 6.07) is 5.42. The van der Waals surface area contributed by atoms with E-state index in [1.807, 2.05) is 0 Å². The van der Waals surface area contributed by atoms with Crippen LogP contribution in [-0.4, -0.2) is 44.2 Å². The van der Waals surface area contributed by atoms with Crippen molar-refractivity contribution in [2.24, 2.45) is 0 Å². The molecule has 1 aromatic heterocycles. The average molecular weight is 338 g/mol. The van der Waals surface area contributed by atoms with Crippen molar-refractivity contribution in [2.45, 2.75) is 11.8 Å². The molecule has 1 N–H and O–H groups in total. The first-order valence-corrected chi connectivity index (χ1v) is 7.51. The molecule has 2 aromatic rings. The summed E-state index contributed by atoms with van der Waals surface area (Å²) in [5.74, 6) is -1.08. The number of carboxylic acids is 1. The van der Waals surface area contributed by atoms with Crippen LogP contribution in [0.3, 0.4) is 0 Å². The fourth-order valence-corrected chi connectivity index (χ4v) is 2.82. The van der Waals surface area contributed by atoms with Crippen molar-refractivity contribution < 1.29 is 23.8 Å². The van der Waals surface area contributed by atoms with Gasteiger partial charge in [0.15, 0.2) is 5.82 Å². The Kier molecular flexibility index (Phi) is 4.15. The number of nitrogens with zero attached hydrogens (tertiary/aromatic N) is 4. The molecule has 0 aliphatic carbocycles. The van der Waals surface area contributed by atoms with Gasteiger partial charge in [-0.1, -0.05) is 11.8 Å². The Hall–Kier alpha value is -2.62.